The number of ether oxygens (including phenoxy) is 1. The van der Waals surface area contributed by atoms with E-state index >= 15 is 0 Å². The predicted molar refractivity (Wildman–Crippen MR) is 116 cm³/mol. The lowest BCUT2D eigenvalue weighted by Gasteiger charge is -2.35. The number of nitrogens with zero attached hydrogens (tertiary/aromatic N) is 2. The Morgan fingerprint density at radius 2 is 1.94 bits per heavy atom. The molecule has 2 aromatic carbocycles. The molecule has 8 nitrogen and oxygen atoms in total. The fourth-order valence-corrected chi connectivity index (χ4v) is 3.85. The lowest BCUT2D eigenvalue weighted by Crippen LogP contribution is -2.44. The average molecular weight is 420 g/mol. The van der Waals surface area contributed by atoms with Crippen LogP contribution in [0.3, 0.4) is 0 Å². The van der Waals surface area contributed by atoms with Crippen molar-refractivity contribution in [2.45, 2.75) is 32.2 Å². The Kier molecular flexibility index (Phi) is 5.97. The van der Waals surface area contributed by atoms with Crippen LogP contribution in [0.25, 0.3) is 10.9 Å². The van der Waals surface area contributed by atoms with Crippen molar-refractivity contribution in [1.29, 1.82) is 0 Å². The number of aromatic nitrogens is 2. The molecule has 1 aromatic heterocycles. The summed E-state index contributed by atoms with van der Waals surface area (Å²) in [5, 5.41) is 10.2. The number of fused-ring (bicyclic) bond motifs is 2. The van der Waals surface area contributed by atoms with Crippen LogP contribution >= 0.6 is 0 Å². The van der Waals surface area contributed by atoms with E-state index in [1.807, 2.05) is 49.4 Å². The summed E-state index contributed by atoms with van der Waals surface area (Å²) >= 11 is 0. The highest BCUT2D eigenvalue weighted by molar-refractivity contribution is 6.04. The SMILES string of the molecule is CC1CCc2ccccc2N1C(=O)COC(=O)CCNC(=O)c1n[nH]c2ccccc12. The van der Waals surface area contributed by atoms with Crippen LogP contribution in [-0.4, -0.2) is 47.2 Å². The second-order valence-corrected chi connectivity index (χ2v) is 7.56. The van der Waals surface area contributed by atoms with Gasteiger partial charge in [-0.05, 0) is 37.5 Å². The van der Waals surface area contributed by atoms with Crippen molar-refractivity contribution in [2.75, 3.05) is 18.1 Å². The predicted octanol–water partition coefficient (Wildman–Crippen LogP) is 2.59. The third-order valence-electron chi connectivity index (χ3n) is 5.45. The molecule has 0 saturated carbocycles. The summed E-state index contributed by atoms with van der Waals surface area (Å²) in [4.78, 5) is 38.8. The number of carbonyl (C=O) groups excluding carboxylic acids is 3. The third kappa shape index (κ3) is 4.42. The molecule has 3 aromatic rings. The number of esters is 1. The normalized spacial score (nSPS) is 15.4. The Labute approximate surface area is 179 Å². The minimum atomic E-state index is -0.543. The fourth-order valence-electron chi connectivity index (χ4n) is 3.85. The van der Waals surface area contributed by atoms with Crippen molar-refractivity contribution >= 4 is 34.4 Å². The minimum Gasteiger partial charge on any atom is -0.455 e. The van der Waals surface area contributed by atoms with E-state index in [-0.39, 0.29) is 43.1 Å². The molecule has 1 aliphatic rings. The Morgan fingerprint density at radius 3 is 2.81 bits per heavy atom. The van der Waals surface area contributed by atoms with Gasteiger partial charge in [-0.1, -0.05) is 36.4 Å². The molecule has 1 aliphatic heterocycles. The number of hydrogen-bond acceptors (Lipinski definition) is 5. The van der Waals surface area contributed by atoms with Gasteiger partial charge in [0.1, 0.15) is 0 Å². The van der Waals surface area contributed by atoms with Gasteiger partial charge in [-0.25, -0.2) is 0 Å². The first kappa shape index (κ1) is 20.6. The first-order chi connectivity index (χ1) is 15.0. The van der Waals surface area contributed by atoms with E-state index in [0.29, 0.717) is 5.39 Å². The molecule has 0 radical (unpaired) electrons. The summed E-state index contributed by atoms with van der Waals surface area (Å²) in [6, 6.07) is 15.1. The average Bonchev–Trinajstić information content (AvgIpc) is 3.21. The summed E-state index contributed by atoms with van der Waals surface area (Å²) < 4.78 is 5.16. The van der Waals surface area contributed by atoms with Gasteiger partial charge in [-0.2, -0.15) is 5.10 Å². The molecule has 8 heteroatoms. The van der Waals surface area contributed by atoms with Crippen molar-refractivity contribution < 1.29 is 19.1 Å². The van der Waals surface area contributed by atoms with Gasteiger partial charge >= 0.3 is 5.97 Å². The van der Waals surface area contributed by atoms with E-state index in [9.17, 15) is 14.4 Å². The van der Waals surface area contributed by atoms with Gasteiger partial charge in [0.2, 0.25) is 0 Å². The van der Waals surface area contributed by atoms with E-state index in [1.54, 1.807) is 11.0 Å². The topological polar surface area (TPSA) is 104 Å². The standard InChI is InChI=1S/C23H24N4O4/c1-15-10-11-16-6-2-5-9-19(16)27(15)20(28)14-31-21(29)12-13-24-23(30)22-17-7-3-4-8-18(17)25-26-22/h2-9,15H,10-14H2,1H3,(H,24,30)(H,25,26). The van der Waals surface area contributed by atoms with Gasteiger partial charge in [0, 0.05) is 23.7 Å². The van der Waals surface area contributed by atoms with Gasteiger partial charge in [-0.15, -0.1) is 0 Å². The van der Waals surface area contributed by atoms with Crippen LogP contribution in [0.1, 0.15) is 35.8 Å². The molecular weight excluding hydrogens is 396 g/mol. The van der Waals surface area contributed by atoms with E-state index in [2.05, 4.69) is 15.5 Å². The summed E-state index contributed by atoms with van der Waals surface area (Å²) in [5.74, 6) is -1.17. The molecule has 0 aliphatic carbocycles. The number of carbonyl (C=O) groups is 3. The Hall–Kier alpha value is -3.68. The highest BCUT2D eigenvalue weighted by Gasteiger charge is 2.28. The van der Waals surface area contributed by atoms with Crippen LogP contribution in [-0.2, 0) is 20.7 Å². The summed E-state index contributed by atoms with van der Waals surface area (Å²) in [6.07, 6.45) is 1.75. The van der Waals surface area contributed by atoms with Gasteiger partial charge < -0.3 is 15.0 Å². The maximum Gasteiger partial charge on any atom is 0.308 e. The second-order valence-electron chi connectivity index (χ2n) is 7.56. The van der Waals surface area contributed by atoms with E-state index in [4.69, 9.17) is 4.74 Å². The lowest BCUT2D eigenvalue weighted by atomic mass is 9.96. The molecule has 2 N–H and O–H groups in total. The third-order valence-corrected chi connectivity index (χ3v) is 5.45. The smallest absolute Gasteiger partial charge is 0.308 e. The lowest BCUT2D eigenvalue weighted by molar-refractivity contribution is -0.147. The number of aryl methyl sites for hydroxylation is 1. The molecular formula is C23H24N4O4. The molecule has 0 spiro atoms. The number of aromatic amines is 1. The van der Waals surface area contributed by atoms with Gasteiger partial charge in [0.15, 0.2) is 12.3 Å². The summed E-state index contributed by atoms with van der Waals surface area (Å²) in [7, 11) is 0. The van der Waals surface area contributed by atoms with Crippen LogP contribution in [0.5, 0.6) is 0 Å². The Morgan fingerprint density at radius 1 is 1.16 bits per heavy atom. The fraction of sp³-hybridized carbons (Fsp3) is 0.304. The highest BCUT2D eigenvalue weighted by Crippen LogP contribution is 2.30. The first-order valence-corrected chi connectivity index (χ1v) is 10.3. The van der Waals surface area contributed by atoms with Crippen molar-refractivity contribution in [2.24, 2.45) is 0 Å². The Bertz CT molecular complexity index is 1120. The zero-order valence-corrected chi connectivity index (χ0v) is 17.3. The molecule has 2 heterocycles. The molecule has 0 saturated heterocycles. The van der Waals surface area contributed by atoms with Crippen LogP contribution in [0, 0.1) is 0 Å². The number of para-hydroxylation sites is 2. The molecule has 2 amide bonds. The molecule has 4 rings (SSSR count). The Balaban J connectivity index is 1.26. The monoisotopic (exact) mass is 420 g/mol. The molecule has 31 heavy (non-hydrogen) atoms. The van der Waals surface area contributed by atoms with Crippen molar-refractivity contribution in [3.63, 3.8) is 0 Å². The minimum absolute atomic E-state index is 0.0342. The zero-order valence-electron chi connectivity index (χ0n) is 17.3. The van der Waals surface area contributed by atoms with Crippen LogP contribution in [0.2, 0.25) is 0 Å². The second kappa shape index (κ2) is 8.99. The molecule has 1 unspecified atom stereocenters. The van der Waals surface area contributed by atoms with E-state index in [0.717, 1.165) is 29.6 Å². The summed E-state index contributed by atoms with van der Waals surface area (Å²) in [6.45, 7) is 1.76. The quantitative estimate of drug-likeness (QED) is 0.597. The number of H-pyrrole nitrogens is 1. The number of rotatable bonds is 6. The van der Waals surface area contributed by atoms with Crippen LogP contribution in [0.15, 0.2) is 48.5 Å². The first-order valence-electron chi connectivity index (χ1n) is 10.3. The van der Waals surface area contributed by atoms with Crippen LogP contribution in [0.4, 0.5) is 5.69 Å². The number of nitrogens with one attached hydrogen (secondary N) is 2. The molecule has 160 valence electrons. The highest BCUT2D eigenvalue weighted by atomic mass is 16.5. The zero-order chi connectivity index (χ0) is 21.8. The molecule has 1 atom stereocenters. The molecule has 0 fully saturated rings. The van der Waals surface area contributed by atoms with Crippen molar-refractivity contribution in [3.05, 3.63) is 59.8 Å². The van der Waals surface area contributed by atoms with Gasteiger partial charge in [0.05, 0.1) is 11.9 Å². The van der Waals surface area contributed by atoms with Gasteiger partial charge in [0.25, 0.3) is 11.8 Å². The van der Waals surface area contributed by atoms with Gasteiger partial charge in [-0.3, -0.25) is 19.5 Å². The van der Waals surface area contributed by atoms with Crippen LogP contribution < -0.4 is 10.2 Å². The number of hydrogen-bond donors (Lipinski definition) is 2. The van der Waals surface area contributed by atoms with E-state index < -0.39 is 5.97 Å². The maximum absolute atomic E-state index is 12.7. The number of benzene rings is 2. The number of amides is 2. The van der Waals surface area contributed by atoms with E-state index in [1.165, 1.54) is 0 Å². The largest absolute Gasteiger partial charge is 0.455 e. The number of anilines is 1. The summed E-state index contributed by atoms with van der Waals surface area (Å²) in [5.41, 5.74) is 3.03. The van der Waals surface area contributed by atoms with Crippen molar-refractivity contribution in [1.82, 2.24) is 15.5 Å². The molecule has 0 bridgehead atoms. The van der Waals surface area contributed by atoms with Crippen molar-refractivity contribution in [3.8, 4) is 0 Å². The maximum atomic E-state index is 12.7.